The van der Waals surface area contributed by atoms with Crippen LogP contribution in [0.3, 0.4) is 0 Å². The van der Waals surface area contributed by atoms with Gasteiger partial charge in [-0.3, -0.25) is 0 Å². The lowest BCUT2D eigenvalue weighted by atomic mass is 9.97. The molecule has 2 aliphatic carbocycles. The molecule has 0 radical (unpaired) electrons. The molecule has 0 unspecified atom stereocenters. The fourth-order valence-electron chi connectivity index (χ4n) is 3.83. The normalized spacial score (nSPS) is 16.3. The first kappa shape index (κ1) is 16.1. The van der Waals surface area contributed by atoms with Crippen molar-refractivity contribution in [1.82, 2.24) is 29.7 Å². The summed E-state index contributed by atoms with van der Waals surface area (Å²) in [6.45, 7) is 0. The Bertz CT molecular complexity index is 1160. The van der Waals surface area contributed by atoms with Crippen LogP contribution in [0, 0.1) is 0 Å². The highest BCUT2D eigenvalue weighted by Gasteiger charge is 2.29. The van der Waals surface area contributed by atoms with Crippen LogP contribution < -0.4 is 5.32 Å². The Morgan fingerprint density at radius 2 is 1.93 bits per heavy atom. The summed E-state index contributed by atoms with van der Waals surface area (Å²) in [4.78, 5) is 21.0. The second kappa shape index (κ2) is 6.34. The van der Waals surface area contributed by atoms with Gasteiger partial charge in [-0.25, -0.2) is 24.6 Å². The van der Waals surface area contributed by atoms with Gasteiger partial charge in [0.05, 0.1) is 23.5 Å². The number of fused-ring (bicyclic) bond motifs is 3. The molecule has 1 fully saturated rings. The number of rotatable bonds is 4. The van der Waals surface area contributed by atoms with E-state index in [2.05, 4.69) is 20.4 Å². The van der Waals surface area contributed by atoms with Gasteiger partial charge in [0.15, 0.2) is 0 Å². The van der Waals surface area contributed by atoms with Crippen molar-refractivity contribution in [3.63, 3.8) is 0 Å². The Labute approximate surface area is 165 Å². The van der Waals surface area contributed by atoms with E-state index in [-0.39, 0.29) is 0 Å². The number of hydrogen-bond acceptors (Lipinski definition) is 7. The molecule has 140 valence electrons. The summed E-state index contributed by atoms with van der Waals surface area (Å²) in [5, 5.41) is 9.11. The van der Waals surface area contributed by atoms with Crippen molar-refractivity contribution in [3.8, 4) is 5.95 Å². The summed E-state index contributed by atoms with van der Waals surface area (Å²) < 4.78 is 1.67. The summed E-state index contributed by atoms with van der Waals surface area (Å²) >= 11 is 1.85. The molecule has 0 amide bonds. The molecule has 0 aromatic carbocycles. The zero-order valence-corrected chi connectivity index (χ0v) is 16.1. The molecular formula is C20H19N7S. The molecule has 0 saturated heterocycles. The van der Waals surface area contributed by atoms with E-state index in [1.807, 2.05) is 17.5 Å². The van der Waals surface area contributed by atoms with E-state index in [1.54, 1.807) is 29.3 Å². The lowest BCUT2D eigenvalue weighted by molar-refractivity contribution is 0.700. The largest absolute Gasteiger partial charge is 0.337 e. The molecular weight excluding hydrogens is 370 g/mol. The Morgan fingerprint density at radius 1 is 1.07 bits per heavy atom. The predicted octanol–water partition coefficient (Wildman–Crippen LogP) is 4.17. The zero-order valence-electron chi connectivity index (χ0n) is 15.3. The maximum atomic E-state index is 4.94. The Hall–Kier alpha value is -2.87. The van der Waals surface area contributed by atoms with Gasteiger partial charge in [0.25, 0.3) is 0 Å². The van der Waals surface area contributed by atoms with Gasteiger partial charge in [-0.2, -0.15) is 5.10 Å². The van der Waals surface area contributed by atoms with Gasteiger partial charge in [-0.15, -0.1) is 11.3 Å². The standard InChI is InChI=1S/C20H19N7S/c1-2-5-15-14(4-1)16-18(25-17(12-6-7-12)26-19(16)28-15)24-13-10-23-27(11-13)20-21-8-3-9-22-20/h3,8-12H,1-2,4-7H2,(H,24,25,26). The lowest BCUT2D eigenvalue weighted by Crippen LogP contribution is -2.03. The first-order valence-corrected chi connectivity index (χ1v) is 10.6. The van der Waals surface area contributed by atoms with Crippen molar-refractivity contribution in [2.45, 2.75) is 44.4 Å². The van der Waals surface area contributed by atoms with Crippen molar-refractivity contribution in [2.75, 3.05) is 5.32 Å². The van der Waals surface area contributed by atoms with Crippen molar-refractivity contribution < 1.29 is 0 Å². The van der Waals surface area contributed by atoms with Gasteiger partial charge in [-0.05, 0) is 50.2 Å². The first-order valence-electron chi connectivity index (χ1n) is 9.76. The second-order valence-corrected chi connectivity index (χ2v) is 8.53. The van der Waals surface area contributed by atoms with E-state index in [0.717, 1.165) is 35.0 Å². The van der Waals surface area contributed by atoms with Crippen LogP contribution in [0.2, 0.25) is 0 Å². The van der Waals surface area contributed by atoms with Crippen molar-refractivity contribution in [1.29, 1.82) is 0 Å². The predicted molar refractivity (Wildman–Crippen MR) is 108 cm³/mol. The van der Waals surface area contributed by atoms with Crippen LogP contribution in [0.4, 0.5) is 11.5 Å². The third-order valence-electron chi connectivity index (χ3n) is 5.38. The van der Waals surface area contributed by atoms with E-state index < -0.39 is 0 Å². The molecule has 4 heterocycles. The molecule has 2 aliphatic rings. The fraction of sp³-hybridized carbons (Fsp3) is 0.350. The number of anilines is 2. The van der Waals surface area contributed by atoms with Crippen molar-refractivity contribution >= 4 is 33.1 Å². The van der Waals surface area contributed by atoms with Crippen LogP contribution >= 0.6 is 11.3 Å². The van der Waals surface area contributed by atoms with E-state index in [4.69, 9.17) is 9.97 Å². The highest BCUT2D eigenvalue weighted by atomic mass is 32.1. The third kappa shape index (κ3) is 2.75. The SMILES string of the molecule is c1cnc(-n2cc(Nc3nc(C4CC4)nc4sc5c(c34)CCCC5)cn2)nc1. The van der Waals surface area contributed by atoms with E-state index in [9.17, 15) is 0 Å². The summed E-state index contributed by atoms with van der Waals surface area (Å²) in [6, 6.07) is 1.79. The van der Waals surface area contributed by atoms with Gasteiger partial charge in [0, 0.05) is 23.2 Å². The molecule has 28 heavy (non-hydrogen) atoms. The van der Waals surface area contributed by atoms with Crippen LogP contribution in [0.25, 0.3) is 16.2 Å². The Morgan fingerprint density at radius 3 is 2.79 bits per heavy atom. The summed E-state index contributed by atoms with van der Waals surface area (Å²) in [7, 11) is 0. The molecule has 8 heteroatoms. The molecule has 4 aromatic rings. The molecule has 0 atom stereocenters. The lowest BCUT2D eigenvalue weighted by Gasteiger charge is -2.12. The zero-order chi connectivity index (χ0) is 18.5. The summed E-state index contributed by atoms with van der Waals surface area (Å²) in [5.74, 6) is 2.96. The van der Waals surface area contributed by atoms with Gasteiger partial charge in [0.2, 0.25) is 5.95 Å². The fourth-order valence-corrected chi connectivity index (χ4v) is 5.10. The highest BCUT2D eigenvalue weighted by Crippen LogP contribution is 2.43. The van der Waals surface area contributed by atoms with E-state index in [1.165, 1.54) is 41.5 Å². The average Bonchev–Trinajstić information content (AvgIpc) is 3.37. The molecule has 1 N–H and O–H groups in total. The van der Waals surface area contributed by atoms with E-state index in [0.29, 0.717) is 11.9 Å². The quantitative estimate of drug-likeness (QED) is 0.564. The van der Waals surface area contributed by atoms with Crippen LogP contribution in [0.1, 0.15) is 47.9 Å². The number of aryl methyl sites for hydroxylation is 2. The maximum Gasteiger partial charge on any atom is 0.250 e. The van der Waals surface area contributed by atoms with Gasteiger partial charge in [0.1, 0.15) is 16.5 Å². The average molecular weight is 389 g/mol. The molecule has 0 aliphatic heterocycles. The van der Waals surface area contributed by atoms with Gasteiger partial charge >= 0.3 is 0 Å². The molecule has 4 aromatic heterocycles. The van der Waals surface area contributed by atoms with Gasteiger partial charge < -0.3 is 5.32 Å². The third-order valence-corrected chi connectivity index (χ3v) is 6.56. The summed E-state index contributed by atoms with van der Waals surface area (Å²) in [6.07, 6.45) is 14.3. The minimum absolute atomic E-state index is 0.518. The molecule has 1 saturated carbocycles. The first-order chi connectivity index (χ1) is 13.8. The molecule has 0 spiro atoms. The number of nitrogens with zero attached hydrogens (tertiary/aromatic N) is 6. The van der Waals surface area contributed by atoms with Gasteiger partial charge in [-0.1, -0.05) is 0 Å². The highest BCUT2D eigenvalue weighted by molar-refractivity contribution is 7.19. The molecule has 0 bridgehead atoms. The topological polar surface area (TPSA) is 81.4 Å². The molecule has 6 rings (SSSR count). The van der Waals surface area contributed by atoms with E-state index >= 15 is 0 Å². The minimum Gasteiger partial charge on any atom is -0.337 e. The minimum atomic E-state index is 0.518. The number of hydrogen-bond donors (Lipinski definition) is 1. The van der Waals surface area contributed by atoms with Crippen LogP contribution in [-0.4, -0.2) is 29.7 Å². The number of nitrogens with one attached hydrogen (secondary N) is 1. The Balaban J connectivity index is 1.43. The summed E-state index contributed by atoms with van der Waals surface area (Å²) in [5.41, 5.74) is 2.32. The number of aromatic nitrogens is 6. The smallest absolute Gasteiger partial charge is 0.250 e. The number of thiophene rings is 1. The Kier molecular flexibility index (Phi) is 3.65. The monoisotopic (exact) mass is 389 g/mol. The van der Waals surface area contributed by atoms with Crippen molar-refractivity contribution in [3.05, 3.63) is 47.1 Å². The van der Waals surface area contributed by atoms with Crippen LogP contribution in [0.15, 0.2) is 30.9 Å². The molecule has 7 nitrogen and oxygen atoms in total. The van der Waals surface area contributed by atoms with Crippen LogP contribution in [-0.2, 0) is 12.8 Å². The maximum absolute atomic E-state index is 4.94. The second-order valence-electron chi connectivity index (χ2n) is 7.44. The van der Waals surface area contributed by atoms with Crippen LogP contribution in [0.5, 0.6) is 0 Å². The van der Waals surface area contributed by atoms with Crippen molar-refractivity contribution in [2.24, 2.45) is 0 Å².